The molecule has 68 valence electrons. The standard InChI is InChI=1S/C6H15NO4/c1-6(2)3-7(10-4-8)11-5-9/h6,8-9H,3-5H2,1-2H3. The summed E-state index contributed by atoms with van der Waals surface area (Å²) in [5.74, 6) is 0.341. The first-order valence-corrected chi connectivity index (χ1v) is 3.45. The molecule has 5 heteroatoms. The Morgan fingerprint density at radius 2 is 1.64 bits per heavy atom. The first kappa shape index (κ1) is 10.8. The summed E-state index contributed by atoms with van der Waals surface area (Å²) in [6.45, 7) is 3.53. The molecule has 5 nitrogen and oxygen atoms in total. The minimum atomic E-state index is -0.452. The van der Waals surface area contributed by atoms with Crippen LogP contribution in [0.25, 0.3) is 0 Å². The van der Waals surface area contributed by atoms with E-state index >= 15 is 0 Å². The van der Waals surface area contributed by atoms with Crippen LogP contribution in [0.3, 0.4) is 0 Å². The highest BCUT2D eigenvalue weighted by molar-refractivity contribution is 4.41. The van der Waals surface area contributed by atoms with E-state index in [-0.39, 0.29) is 0 Å². The predicted molar refractivity (Wildman–Crippen MR) is 37.9 cm³/mol. The molecule has 0 fully saturated rings. The van der Waals surface area contributed by atoms with Crippen LogP contribution in [0.2, 0.25) is 0 Å². The van der Waals surface area contributed by atoms with E-state index in [1.807, 2.05) is 13.8 Å². The van der Waals surface area contributed by atoms with Crippen LogP contribution >= 0.6 is 0 Å². The van der Waals surface area contributed by atoms with E-state index in [0.717, 1.165) is 5.23 Å². The maximum atomic E-state index is 8.35. The van der Waals surface area contributed by atoms with Crippen molar-refractivity contribution in [3.63, 3.8) is 0 Å². The van der Waals surface area contributed by atoms with Gasteiger partial charge in [0, 0.05) is 0 Å². The topological polar surface area (TPSA) is 62.2 Å². The van der Waals surface area contributed by atoms with Crippen LogP contribution < -0.4 is 0 Å². The molecular formula is C6H15NO4. The van der Waals surface area contributed by atoms with Gasteiger partial charge in [0.05, 0.1) is 6.54 Å². The summed E-state index contributed by atoms with van der Waals surface area (Å²) < 4.78 is 0. The van der Waals surface area contributed by atoms with Crippen molar-refractivity contribution in [2.75, 3.05) is 20.1 Å². The number of rotatable bonds is 6. The van der Waals surface area contributed by atoms with Gasteiger partial charge < -0.3 is 10.2 Å². The largest absolute Gasteiger partial charge is 0.369 e. The van der Waals surface area contributed by atoms with Crippen molar-refractivity contribution < 1.29 is 19.9 Å². The fourth-order valence-corrected chi connectivity index (χ4v) is 0.570. The lowest BCUT2D eigenvalue weighted by molar-refractivity contribution is -0.406. The van der Waals surface area contributed by atoms with Crippen molar-refractivity contribution in [1.29, 1.82) is 0 Å². The van der Waals surface area contributed by atoms with Gasteiger partial charge in [0.2, 0.25) is 0 Å². The number of hydrogen-bond donors (Lipinski definition) is 2. The normalized spacial score (nSPS) is 11.5. The molecule has 0 saturated carbocycles. The van der Waals surface area contributed by atoms with Gasteiger partial charge in [0.25, 0.3) is 0 Å². The van der Waals surface area contributed by atoms with E-state index in [4.69, 9.17) is 10.2 Å². The van der Waals surface area contributed by atoms with Crippen LogP contribution in [0.1, 0.15) is 13.8 Å². The van der Waals surface area contributed by atoms with Gasteiger partial charge in [-0.2, -0.15) is 0 Å². The molecule has 0 radical (unpaired) electrons. The summed E-state index contributed by atoms with van der Waals surface area (Å²) in [7, 11) is 0. The Bertz CT molecular complexity index is 82.7. The first-order chi connectivity index (χ1) is 5.20. The lowest BCUT2D eigenvalue weighted by Gasteiger charge is -2.19. The Balaban J connectivity index is 3.50. The zero-order valence-electron chi connectivity index (χ0n) is 6.86. The van der Waals surface area contributed by atoms with E-state index in [2.05, 4.69) is 9.68 Å². The van der Waals surface area contributed by atoms with Gasteiger partial charge in [0.15, 0.2) is 13.6 Å². The van der Waals surface area contributed by atoms with Gasteiger partial charge in [-0.1, -0.05) is 19.1 Å². The summed E-state index contributed by atoms with van der Waals surface area (Å²) >= 11 is 0. The van der Waals surface area contributed by atoms with Gasteiger partial charge in [-0.25, -0.2) is 9.68 Å². The second-order valence-electron chi connectivity index (χ2n) is 2.43. The van der Waals surface area contributed by atoms with Crippen molar-refractivity contribution in [1.82, 2.24) is 5.23 Å². The summed E-state index contributed by atoms with van der Waals surface area (Å²) in [6.07, 6.45) is 0. The van der Waals surface area contributed by atoms with Crippen LogP contribution in [0.4, 0.5) is 0 Å². The van der Waals surface area contributed by atoms with Gasteiger partial charge in [-0.05, 0) is 5.92 Å². The first-order valence-electron chi connectivity index (χ1n) is 3.45. The third kappa shape index (κ3) is 6.21. The molecule has 0 aromatic rings. The van der Waals surface area contributed by atoms with Crippen molar-refractivity contribution in [3.8, 4) is 0 Å². The van der Waals surface area contributed by atoms with E-state index in [1.165, 1.54) is 0 Å². The molecule has 0 aliphatic rings. The van der Waals surface area contributed by atoms with Crippen LogP contribution in [-0.4, -0.2) is 35.6 Å². The minimum absolute atomic E-state index is 0.341. The summed E-state index contributed by atoms with van der Waals surface area (Å²) in [4.78, 5) is 9.20. The zero-order valence-corrected chi connectivity index (χ0v) is 6.86. The zero-order chi connectivity index (χ0) is 8.69. The Labute approximate surface area is 66.0 Å². The Kier molecular flexibility index (Phi) is 6.39. The third-order valence-electron chi connectivity index (χ3n) is 0.918. The highest BCUT2D eigenvalue weighted by atomic mass is 17.0. The number of aliphatic hydroxyl groups is 2. The predicted octanol–water partition coefficient (Wildman–Crippen LogP) is -0.293. The van der Waals surface area contributed by atoms with Gasteiger partial charge in [-0.3, -0.25) is 0 Å². The average Bonchev–Trinajstić information content (AvgIpc) is 1.87. The molecular weight excluding hydrogens is 150 g/mol. The summed E-state index contributed by atoms with van der Waals surface area (Å²) in [5.41, 5.74) is 0. The van der Waals surface area contributed by atoms with Crippen LogP contribution in [0.5, 0.6) is 0 Å². The van der Waals surface area contributed by atoms with Crippen molar-refractivity contribution in [2.24, 2.45) is 5.92 Å². The van der Waals surface area contributed by atoms with Gasteiger partial charge >= 0.3 is 0 Å². The maximum absolute atomic E-state index is 8.35. The van der Waals surface area contributed by atoms with Crippen LogP contribution in [-0.2, 0) is 9.68 Å². The molecule has 0 spiro atoms. The molecule has 0 bridgehead atoms. The molecule has 0 aliphatic carbocycles. The Morgan fingerprint density at radius 1 is 1.18 bits per heavy atom. The quantitative estimate of drug-likeness (QED) is 0.418. The minimum Gasteiger partial charge on any atom is -0.369 e. The molecule has 0 atom stereocenters. The number of hydrogen-bond acceptors (Lipinski definition) is 5. The molecule has 11 heavy (non-hydrogen) atoms. The van der Waals surface area contributed by atoms with Gasteiger partial charge in [-0.15, -0.1) is 0 Å². The Morgan fingerprint density at radius 3 is 1.91 bits per heavy atom. The van der Waals surface area contributed by atoms with Gasteiger partial charge in [0.1, 0.15) is 0 Å². The van der Waals surface area contributed by atoms with E-state index in [0.29, 0.717) is 12.5 Å². The molecule has 0 heterocycles. The maximum Gasteiger partial charge on any atom is 0.166 e. The van der Waals surface area contributed by atoms with Crippen molar-refractivity contribution in [3.05, 3.63) is 0 Å². The van der Waals surface area contributed by atoms with Crippen molar-refractivity contribution in [2.45, 2.75) is 13.8 Å². The lowest BCUT2D eigenvalue weighted by atomic mass is 10.2. The van der Waals surface area contributed by atoms with Crippen LogP contribution in [0.15, 0.2) is 0 Å². The molecule has 0 aromatic carbocycles. The molecule has 0 aromatic heterocycles. The lowest BCUT2D eigenvalue weighted by Crippen LogP contribution is -2.29. The monoisotopic (exact) mass is 165 g/mol. The fraction of sp³-hybridized carbons (Fsp3) is 1.00. The molecule has 0 amide bonds. The second kappa shape index (κ2) is 6.51. The number of nitrogens with zero attached hydrogens (tertiary/aromatic N) is 1. The van der Waals surface area contributed by atoms with E-state index in [9.17, 15) is 0 Å². The fourth-order valence-electron chi connectivity index (χ4n) is 0.570. The number of hydroxylamine groups is 2. The highest BCUT2D eigenvalue weighted by Crippen LogP contribution is 1.99. The Hall–Kier alpha value is -0.200. The molecule has 0 unspecified atom stereocenters. The van der Waals surface area contributed by atoms with Crippen molar-refractivity contribution >= 4 is 0 Å². The average molecular weight is 165 g/mol. The van der Waals surface area contributed by atoms with E-state index in [1.54, 1.807) is 0 Å². The molecule has 0 saturated heterocycles. The SMILES string of the molecule is CC(C)CN(OCO)OCO. The number of aliphatic hydroxyl groups excluding tert-OH is 2. The smallest absolute Gasteiger partial charge is 0.166 e. The van der Waals surface area contributed by atoms with Crippen LogP contribution in [0, 0.1) is 5.92 Å². The summed E-state index contributed by atoms with van der Waals surface area (Å²) in [5, 5.41) is 17.8. The third-order valence-corrected chi connectivity index (χ3v) is 0.918. The molecule has 2 N–H and O–H groups in total. The van der Waals surface area contributed by atoms with E-state index < -0.39 is 13.6 Å². The molecule has 0 rings (SSSR count). The summed E-state index contributed by atoms with van der Waals surface area (Å²) in [6, 6.07) is 0. The molecule has 0 aliphatic heterocycles. The highest BCUT2D eigenvalue weighted by Gasteiger charge is 2.06. The second-order valence-corrected chi connectivity index (χ2v) is 2.43.